The minimum Gasteiger partial charge on any atom is -0.392 e. The van der Waals surface area contributed by atoms with Crippen molar-refractivity contribution >= 4 is 0 Å². The topological polar surface area (TPSA) is 24.6 Å². The number of halogens is 1. The van der Waals surface area contributed by atoms with Crippen LogP contribution in [0.5, 0.6) is 0 Å². The lowest BCUT2D eigenvalue weighted by Crippen LogP contribution is -1.91. The zero-order valence-corrected chi connectivity index (χ0v) is 6.42. The van der Waals surface area contributed by atoms with Gasteiger partial charge in [0.1, 0.15) is 5.82 Å². The van der Waals surface area contributed by atoms with E-state index in [1.54, 1.807) is 0 Å². The first-order chi connectivity index (χ1) is 5.77. The summed E-state index contributed by atoms with van der Waals surface area (Å²) in [6.45, 7) is 6.47. The Balaban J connectivity index is 3.01. The first-order valence-electron chi connectivity index (χ1n) is 3.49. The van der Waals surface area contributed by atoms with Crippen LogP contribution in [0.2, 0.25) is 0 Å². The first-order valence-corrected chi connectivity index (χ1v) is 3.49. The van der Waals surface area contributed by atoms with Gasteiger partial charge in [-0.1, -0.05) is 6.07 Å². The molecule has 12 heavy (non-hydrogen) atoms. The highest BCUT2D eigenvalue weighted by Gasteiger charge is 2.04. The molecule has 0 heterocycles. The molecule has 0 radical (unpaired) electrons. The van der Waals surface area contributed by atoms with Gasteiger partial charge in [-0.2, -0.15) is 0 Å². The predicted octanol–water partition coefficient (Wildman–Crippen LogP) is 1.74. The summed E-state index contributed by atoms with van der Waals surface area (Å²) >= 11 is 0. The van der Waals surface area contributed by atoms with Crippen LogP contribution in [-0.4, -0.2) is 5.11 Å². The SMILES string of the molecule is [C-]#[N+]Cc1cc(CO)ccc1F. The van der Waals surface area contributed by atoms with Crippen LogP contribution < -0.4 is 0 Å². The van der Waals surface area contributed by atoms with Gasteiger partial charge < -0.3 is 9.95 Å². The van der Waals surface area contributed by atoms with Crippen molar-refractivity contribution in [3.63, 3.8) is 0 Å². The normalized spacial score (nSPS) is 9.42. The van der Waals surface area contributed by atoms with Crippen LogP contribution in [0.15, 0.2) is 18.2 Å². The molecular formula is C9H8FNO. The molecule has 1 aromatic carbocycles. The standard InChI is InChI=1S/C9H8FNO/c1-11-5-8-4-7(6-12)2-3-9(8)10/h2-4,12H,5-6H2. The van der Waals surface area contributed by atoms with Crippen LogP contribution in [-0.2, 0) is 13.2 Å². The summed E-state index contributed by atoms with van der Waals surface area (Å²) in [5, 5.41) is 8.72. The van der Waals surface area contributed by atoms with Crippen molar-refractivity contribution in [2.75, 3.05) is 0 Å². The Labute approximate surface area is 70.1 Å². The molecule has 0 aliphatic heterocycles. The Morgan fingerprint density at radius 1 is 1.50 bits per heavy atom. The van der Waals surface area contributed by atoms with Crippen molar-refractivity contribution in [3.8, 4) is 0 Å². The third-order valence-corrected chi connectivity index (χ3v) is 1.54. The van der Waals surface area contributed by atoms with Gasteiger partial charge in [0.15, 0.2) is 0 Å². The summed E-state index contributed by atoms with van der Waals surface area (Å²) in [6.07, 6.45) is 0. The molecule has 62 valence electrons. The van der Waals surface area contributed by atoms with E-state index in [9.17, 15) is 4.39 Å². The van der Waals surface area contributed by atoms with Gasteiger partial charge in [0.2, 0.25) is 6.54 Å². The minimum atomic E-state index is -0.386. The summed E-state index contributed by atoms with van der Waals surface area (Å²) in [5.41, 5.74) is 0.978. The smallest absolute Gasteiger partial charge is 0.242 e. The number of rotatable bonds is 2. The quantitative estimate of drug-likeness (QED) is 0.663. The van der Waals surface area contributed by atoms with Crippen LogP contribution in [0.4, 0.5) is 4.39 Å². The van der Waals surface area contributed by atoms with E-state index in [1.807, 2.05) is 0 Å². The Bertz CT molecular complexity index is 317. The number of nitrogens with zero attached hydrogens (tertiary/aromatic N) is 1. The maximum absolute atomic E-state index is 12.9. The molecule has 1 aromatic rings. The molecule has 0 fully saturated rings. The fourth-order valence-electron chi connectivity index (χ4n) is 0.933. The summed E-state index contributed by atoms with van der Waals surface area (Å²) in [7, 11) is 0. The van der Waals surface area contributed by atoms with Gasteiger partial charge in [-0.3, -0.25) is 0 Å². The summed E-state index contributed by atoms with van der Waals surface area (Å²) in [5.74, 6) is -0.386. The predicted molar refractivity (Wildman–Crippen MR) is 42.6 cm³/mol. The van der Waals surface area contributed by atoms with Gasteiger partial charge in [0.05, 0.1) is 12.2 Å². The van der Waals surface area contributed by atoms with Crippen LogP contribution in [0.3, 0.4) is 0 Å². The second kappa shape index (κ2) is 3.84. The molecule has 0 aliphatic carbocycles. The highest BCUT2D eigenvalue weighted by molar-refractivity contribution is 5.25. The van der Waals surface area contributed by atoms with E-state index in [-0.39, 0.29) is 19.0 Å². The minimum absolute atomic E-state index is 0.0275. The number of hydrogen-bond donors (Lipinski definition) is 1. The molecule has 3 heteroatoms. The molecule has 0 aliphatic rings. The van der Waals surface area contributed by atoms with Crippen molar-refractivity contribution in [3.05, 3.63) is 46.6 Å². The van der Waals surface area contributed by atoms with Crippen LogP contribution in [0.1, 0.15) is 11.1 Å². The first kappa shape index (κ1) is 8.69. The van der Waals surface area contributed by atoms with Crippen molar-refractivity contribution in [2.45, 2.75) is 13.2 Å². The molecule has 0 bridgehead atoms. The summed E-state index contributed by atoms with van der Waals surface area (Å²) < 4.78 is 12.9. The second-order valence-corrected chi connectivity index (χ2v) is 2.40. The van der Waals surface area contributed by atoms with E-state index < -0.39 is 0 Å². The van der Waals surface area contributed by atoms with Gasteiger partial charge in [-0.05, 0) is 17.7 Å². The summed E-state index contributed by atoms with van der Waals surface area (Å²) in [4.78, 5) is 3.07. The van der Waals surface area contributed by atoms with Gasteiger partial charge in [0.25, 0.3) is 0 Å². The molecule has 0 saturated carbocycles. The largest absolute Gasteiger partial charge is 0.392 e. The van der Waals surface area contributed by atoms with E-state index in [2.05, 4.69) is 4.85 Å². The van der Waals surface area contributed by atoms with Crippen LogP contribution in [0, 0.1) is 12.4 Å². The van der Waals surface area contributed by atoms with Crippen molar-refractivity contribution in [1.82, 2.24) is 0 Å². The van der Waals surface area contributed by atoms with Gasteiger partial charge in [0, 0.05) is 0 Å². The lowest BCUT2D eigenvalue weighted by Gasteiger charge is -1.98. The molecule has 1 rings (SSSR count). The molecule has 0 amide bonds. The lowest BCUT2D eigenvalue weighted by molar-refractivity contribution is 0.281. The Kier molecular flexibility index (Phi) is 2.78. The molecule has 2 nitrogen and oxygen atoms in total. The van der Waals surface area contributed by atoms with Crippen molar-refractivity contribution in [2.24, 2.45) is 0 Å². The van der Waals surface area contributed by atoms with E-state index in [1.165, 1.54) is 18.2 Å². The molecule has 0 saturated heterocycles. The number of benzene rings is 1. The van der Waals surface area contributed by atoms with Gasteiger partial charge in [-0.15, -0.1) is 0 Å². The highest BCUT2D eigenvalue weighted by Crippen LogP contribution is 2.11. The molecule has 0 spiro atoms. The van der Waals surface area contributed by atoms with Crippen molar-refractivity contribution < 1.29 is 9.50 Å². The van der Waals surface area contributed by atoms with E-state index >= 15 is 0 Å². The maximum atomic E-state index is 12.9. The van der Waals surface area contributed by atoms with Crippen LogP contribution >= 0.6 is 0 Å². The van der Waals surface area contributed by atoms with Gasteiger partial charge >= 0.3 is 0 Å². The monoisotopic (exact) mass is 165 g/mol. The Hall–Kier alpha value is -1.40. The van der Waals surface area contributed by atoms with Crippen LogP contribution in [0.25, 0.3) is 4.85 Å². The third kappa shape index (κ3) is 1.80. The van der Waals surface area contributed by atoms with Gasteiger partial charge in [-0.25, -0.2) is 11.0 Å². The molecular weight excluding hydrogens is 157 g/mol. The summed E-state index contributed by atoms with van der Waals surface area (Å²) in [6, 6.07) is 4.28. The lowest BCUT2D eigenvalue weighted by atomic mass is 10.1. The number of aliphatic hydroxyl groups is 1. The maximum Gasteiger partial charge on any atom is 0.242 e. The highest BCUT2D eigenvalue weighted by atomic mass is 19.1. The molecule has 0 atom stereocenters. The average Bonchev–Trinajstić information content (AvgIpc) is 2.09. The number of hydrogen-bond acceptors (Lipinski definition) is 1. The zero-order valence-electron chi connectivity index (χ0n) is 6.42. The fraction of sp³-hybridized carbons (Fsp3) is 0.222. The average molecular weight is 165 g/mol. The van der Waals surface area contributed by atoms with E-state index in [4.69, 9.17) is 11.7 Å². The molecule has 0 aromatic heterocycles. The Morgan fingerprint density at radius 2 is 2.25 bits per heavy atom. The second-order valence-electron chi connectivity index (χ2n) is 2.40. The van der Waals surface area contributed by atoms with E-state index in [0.717, 1.165) is 0 Å². The zero-order chi connectivity index (χ0) is 8.97. The van der Waals surface area contributed by atoms with E-state index in [0.29, 0.717) is 11.1 Å². The fourth-order valence-corrected chi connectivity index (χ4v) is 0.933. The third-order valence-electron chi connectivity index (χ3n) is 1.54. The Morgan fingerprint density at radius 3 is 2.83 bits per heavy atom. The molecule has 1 N–H and O–H groups in total. The molecule has 0 unspecified atom stereocenters. The van der Waals surface area contributed by atoms with Crippen molar-refractivity contribution in [1.29, 1.82) is 0 Å². The number of aliphatic hydroxyl groups excluding tert-OH is 1.